The first-order valence-electron chi connectivity index (χ1n) is 14.2. The van der Waals surface area contributed by atoms with Crippen molar-refractivity contribution in [3.63, 3.8) is 0 Å². The molecule has 40 heavy (non-hydrogen) atoms. The molecule has 1 aromatic heterocycles. The van der Waals surface area contributed by atoms with Gasteiger partial charge in [-0.25, -0.2) is 27.5 Å². The van der Waals surface area contributed by atoms with Crippen LogP contribution in [0.25, 0.3) is 0 Å². The van der Waals surface area contributed by atoms with Gasteiger partial charge in [-0.05, 0) is 84.2 Å². The molecule has 0 radical (unpaired) electrons. The van der Waals surface area contributed by atoms with Gasteiger partial charge in [0, 0.05) is 38.3 Å². The number of rotatable bonds is 11. The molecule has 0 unspecified atom stereocenters. The van der Waals surface area contributed by atoms with Crippen LogP contribution in [-0.2, 0) is 10.0 Å². The van der Waals surface area contributed by atoms with Crippen LogP contribution in [0.5, 0.6) is 11.5 Å². The minimum Gasteiger partial charge on any atom is -0.451 e. The first-order valence-corrected chi connectivity index (χ1v) is 15.8. The number of amides is 1. The first-order chi connectivity index (χ1) is 19.1. The molecule has 1 amide bonds. The van der Waals surface area contributed by atoms with Crippen LogP contribution in [-0.4, -0.2) is 91.2 Å². The van der Waals surface area contributed by atoms with Gasteiger partial charge in [0.05, 0.1) is 17.5 Å². The van der Waals surface area contributed by atoms with Crippen molar-refractivity contribution in [3.8, 4) is 11.5 Å². The molecule has 10 nitrogen and oxygen atoms in total. The van der Waals surface area contributed by atoms with Gasteiger partial charge >= 0.3 is 0 Å². The van der Waals surface area contributed by atoms with E-state index < -0.39 is 15.8 Å². The van der Waals surface area contributed by atoms with Crippen molar-refractivity contribution in [2.75, 3.05) is 49.9 Å². The average molecular weight is 577 g/mol. The minimum atomic E-state index is -3.18. The highest BCUT2D eigenvalue weighted by molar-refractivity contribution is 7.89. The number of halogens is 1. The Labute approximate surface area is 237 Å². The summed E-state index contributed by atoms with van der Waals surface area (Å²) in [6.45, 7) is 12.1. The average Bonchev–Trinajstić information content (AvgIpc) is 3.39. The molecule has 2 aliphatic rings. The Kier molecular flexibility index (Phi) is 9.96. The number of hydrogen-bond donors (Lipinski definition) is 1. The van der Waals surface area contributed by atoms with Crippen molar-refractivity contribution in [3.05, 3.63) is 42.1 Å². The lowest BCUT2D eigenvalue weighted by Crippen LogP contribution is -2.46. The van der Waals surface area contributed by atoms with E-state index in [0.29, 0.717) is 24.0 Å². The summed E-state index contributed by atoms with van der Waals surface area (Å²) in [5.41, 5.74) is 0.161. The number of likely N-dealkylation sites (tertiary alicyclic amines) is 1. The second-order valence-corrected chi connectivity index (χ2v) is 12.9. The van der Waals surface area contributed by atoms with E-state index in [4.69, 9.17) is 4.74 Å². The van der Waals surface area contributed by atoms with Gasteiger partial charge in [0.15, 0.2) is 11.6 Å². The SMILES string of the molecule is CCN(C(=O)c1cc(F)ccc1Oc1cncnc1N1CC[C@H](CN2CCC(NS(=O)(=O)CC)CC2)C1)C(C)C. The van der Waals surface area contributed by atoms with Crippen LogP contribution in [0.15, 0.2) is 30.7 Å². The van der Waals surface area contributed by atoms with E-state index in [1.807, 2.05) is 20.8 Å². The van der Waals surface area contributed by atoms with E-state index >= 15 is 0 Å². The molecule has 0 saturated carbocycles. The summed E-state index contributed by atoms with van der Waals surface area (Å²) in [6, 6.07) is 3.94. The zero-order chi connectivity index (χ0) is 28.9. The lowest BCUT2D eigenvalue weighted by molar-refractivity contribution is 0.0713. The van der Waals surface area contributed by atoms with Gasteiger partial charge < -0.3 is 19.4 Å². The molecular weight excluding hydrogens is 535 g/mol. The maximum Gasteiger partial charge on any atom is 0.257 e. The van der Waals surface area contributed by atoms with Gasteiger partial charge in [-0.1, -0.05) is 0 Å². The van der Waals surface area contributed by atoms with Gasteiger partial charge in [0.1, 0.15) is 17.9 Å². The fourth-order valence-corrected chi connectivity index (χ4v) is 6.41. The van der Waals surface area contributed by atoms with Crippen molar-refractivity contribution in [2.45, 2.75) is 59.0 Å². The maximum atomic E-state index is 14.2. The van der Waals surface area contributed by atoms with Gasteiger partial charge in [0.25, 0.3) is 5.91 Å². The van der Waals surface area contributed by atoms with Crippen LogP contribution in [0.2, 0.25) is 0 Å². The molecule has 2 fully saturated rings. The Balaban J connectivity index is 1.41. The number of hydrogen-bond acceptors (Lipinski definition) is 8. The van der Waals surface area contributed by atoms with Crippen molar-refractivity contribution >= 4 is 21.7 Å². The topological polar surface area (TPSA) is 108 Å². The Hall–Kier alpha value is -2.83. The van der Waals surface area contributed by atoms with Crippen molar-refractivity contribution in [1.82, 2.24) is 24.5 Å². The van der Waals surface area contributed by atoms with Crippen LogP contribution in [0.3, 0.4) is 0 Å². The molecule has 220 valence electrons. The molecule has 4 rings (SSSR count). The predicted molar refractivity (Wildman–Crippen MR) is 153 cm³/mol. The van der Waals surface area contributed by atoms with Crippen LogP contribution in [0.4, 0.5) is 10.2 Å². The van der Waals surface area contributed by atoms with Crippen LogP contribution >= 0.6 is 0 Å². The number of nitrogens with one attached hydrogen (secondary N) is 1. The molecule has 0 bridgehead atoms. The van der Waals surface area contributed by atoms with Gasteiger partial charge in [-0.2, -0.15) is 0 Å². The summed E-state index contributed by atoms with van der Waals surface area (Å²) in [7, 11) is -3.18. The van der Waals surface area contributed by atoms with E-state index in [2.05, 4.69) is 24.5 Å². The lowest BCUT2D eigenvalue weighted by Gasteiger charge is -2.33. The number of carbonyl (C=O) groups is 1. The molecule has 2 aromatic rings. The van der Waals surface area contributed by atoms with Gasteiger partial charge in [0.2, 0.25) is 10.0 Å². The Morgan fingerprint density at radius 2 is 1.93 bits per heavy atom. The van der Waals surface area contributed by atoms with E-state index in [1.165, 1.54) is 24.5 Å². The van der Waals surface area contributed by atoms with Crippen LogP contribution in [0.1, 0.15) is 57.3 Å². The highest BCUT2D eigenvalue weighted by atomic mass is 32.2. The molecule has 0 spiro atoms. The summed E-state index contributed by atoms with van der Waals surface area (Å²) in [6.07, 6.45) is 5.67. The number of ether oxygens (including phenoxy) is 1. The fourth-order valence-electron chi connectivity index (χ4n) is 5.50. The third-order valence-corrected chi connectivity index (χ3v) is 9.14. The minimum absolute atomic E-state index is 0.00943. The smallest absolute Gasteiger partial charge is 0.257 e. The zero-order valence-corrected chi connectivity index (χ0v) is 24.7. The molecule has 1 N–H and O–H groups in total. The van der Waals surface area contributed by atoms with E-state index in [-0.39, 0.29) is 35.1 Å². The van der Waals surface area contributed by atoms with E-state index in [9.17, 15) is 17.6 Å². The number of aromatic nitrogens is 2. The molecule has 2 saturated heterocycles. The van der Waals surface area contributed by atoms with E-state index in [0.717, 1.165) is 52.0 Å². The third-order valence-electron chi connectivity index (χ3n) is 7.69. The fraction of sp³-hybridized carbons (Fsp3) is 0.607. The Morgan fingerprint density at radius 1 is 1.18 bits per heavy atom. The molecule has 12 heteroatoms. The quantitative estimate of drug-likeness (QED) is 0.433. The number of nitrogens with zero attached hydrogens (tertiary/aromatic N) is 5. The normalized spacial score (nSPS) is 18.9. The summed E-state index contributed by atoms with van der Waals surface area (Å²) in [5, 5.41) is 0. The van der Waals surface area contributed by atoms with Crippen molar-refractivity contribution in [2.24, 2.45) is 5.92 Å². The zero-order valence-electron chi connectivity index (χ0n) is 23.8. The van der Waals surface area contributed by atoms with Crippen LogP contribution in [0, 0.1) is 11.7 Å². The third kappa shape index (κ3) is 7.46. The largest absolute Gasteiger partial charge is 0.451 e. The summed E-state index contributed by atoms with van der Waals surface area (Å²) < 4.78 is 47.0. The van der Waals surface area contributed by atoms with Crippen molar-refractivity contribution < 1.29 is 22.3 Å². The molecular formula is C28H41FN6O4S. The first kappa shape index (κ1) is 30.1. The van der Waals surface area contributed by atoms with Gasteiger partial charge in [-0.3, -0.25) is 4.79 Å². The number of benzene rings is 1. The summed E-state index contributed by atoms with van der Waals surface area (Å²) in [4.78, 5) is 28.1. The molecule has 1 aromatic carbocycles. The second kappa shape index (κ2) is 13.2. The Bertz CT molecular complexity index is 1270. The Morgan fingerprint density at radius 3 is 2.60 bits per heavy atom. The maximum absolute atomic E-state index is 14.2. The molecule has 3 heterocycles. The monoisotopic (exact) mass is 576 g/mol. The summed E-state index contributed by atoms with van der Waals surface area (Å²) in [5.74, 6) is 1.06. The standard InChI is InChI=1S/C28H41FN6O4S/c1-5-35(20(3)4)28(36)24-15-22(29)7-8-25(24)39-26-16-30-19-31-27(26)34-14-9-21(18-34)17-33-12-10-23(11-13-33)32-40(37,38)6-2/h7-8,15-16,19-21,23,32H,5-6,9-14,17-18H2,1-4H3/t21-/m1/s1. The highest BCUT2D eigenvalue weighted by Crippen LogP contribution is 2.35. The number of piperidine rings is 1. The van der Waals surface area contributed by atoms with Gasteiger partial charge in [-0.15, -0.1) is 0 Å². The number of anilines is 1. The lowest BCUT2D eigenvalue weighted by atomic mass is 10.0. The summed E-state index contributed by atoms with van der Waals surface area (Å²) >= 11 is 0. The second-order valence-electron chi connectivity index (χ2n) is 10.8. The highest BCUT2D eigenvalue weighted by Gasteiger charge is 2.30. The number of carbonyl (C=O) groups excluding carboxylic acids is 1. The van der Waals surface area contributed by atoms with E-state index in [1.54, 1.807) is 18.0 Å². The molecule has 2 aliphatic heterocycles. The number of sulfonamides is 1. The van der Waals surface area contributed by atoms with Crippen molar-refractivity contribution in [1.29, 1.82) is 0 Å². The molecule has 1 atom stereocenters. The van der Waals surface area contributed by atoms with Crippen LogP contribution < -0.4 is 14.4 Å². The predicted octanol–water partition coefficient (Wildman–Crippen LogP) is 3.51. The molecule has 0 aliphatic carbocycles.